The zero-order valence-electron chi connectivity index (χ0n) is 11.1. The summed E-state index contributed by atoms with van der Waals surface area (Å²) in [6, 6.07) is 0. The van der Waals surface area contributed by atoms with Crippen LogP contribution in [0.5, 0.6) is 0 Å². The topological polar surface area (TPSA) is 0 Å². The first-order valence-corrected chi connectivity index (χ1v) is 6.58. The fourth-order valence-corrected chi connectivity index (χ4v) is 2.80. The molecule has 0 saturated heterocycles. The molecule has 0 aromatic heterocycles. The van der Waals surface area contributed by atoms with E-state index in [-0.39, 0.29) is 0 Å². The van der Waals surface area contributed by atoms with Crippen LogP contribution < -0.4 is 0 Å². The Bertz CT molecular complexity index is 126. The molecule has 0 aromatic carbocycles. The van der Waals surface area contributed by atoms with Gasteiger partial charge in [-0.05, 0) is 23.7 Å². The third-order valence-corrected chi connectivity index (χ3v) is 3.87. The van der Waals surface area contributed by atoms with Crippen molar-refractivity contribution in [3.63, 3.8) is 0 Å². The predicted molar refractivity (Wildman–Crippen MR) is 66.5 cm³/mol. The smallest absolute Gasteiger partial charge is 0.0360 e. The highest BCUT2D eigenvalue weighted by Crippen LogP contribution is 2.34. The highest BCUT2D eigenvalue weighted by molar-refractivity contribution is 4.75. The van der Waals surface area contributed by atoms with Gasteiger partial charge in [-0.1, -0.05) is 67.2 Å². The van der Waals surface area contributed by atoms with Crippen molar-refractivity contribution in [1.29, 1.82) is 0 Å². The van der Waals surface area contributed by atoms with Crippen molar-refractivity contribution in [3.05, 3.63) is 0 Å². The molecule has 3 unspecified atom stereocenters. The minimum atomic E-state index is 0.855. The van der Waals surface area contributed by atoms with Crippen LogP contribution in [0.4, 0.5) is 0 Å². The van der Waals surface area contributed by atoms with Crippen molar-refractivity contribution < 1.29 is 0 Å². The Kier molecular flexibility index (Phi) is 7.31. The predicted octanol–water partition coefficient (Wildman–Crippen LogP) is 5.13. The molecule has 0 bridgehead atoms. The summed E-state index contributed by atoms with van der Waals surface area (Å²) in [5.74, 6) is 3.65. The molecule has 0 spiro atoms. The van der Waals surface area contributed by atoms with E-state index in [1.54, 1.807) is 0 Å². The molecule has 0 rings (SSSR count). The molecule has 0 aliphatic rings. The minimum absolute atomic E-state index is 0.855. The van der Waals surface area contributed by atoms with E-state index in [4.69, 9.17) is 0 Å². The third-order valence-electron chi connectivity index (χ3n) is 3.87. The fraction of sp³-hybridized carbons (Fsp3) is 1.00. The van der Waals surface area contributed by atoms with Gasteiger partial charge in [-0.2, -0.15) is 0 Å². The number of rotatable bonds is 7. The maximum absolute atomic E-state index is 2.43. The average molecular weight is 198 g/mol. The van der Waals surface area contributed by atoms with E-state index >= 15 is 0 Å². The second-order valence-corrected chi connectivity index (χ2v) is 5.15. The molecule has 0 heteroatoms. The Balaban J connectivity index is 4.40. The lowest BCUT2D eigenvalue weighted by Gasteiger charge is -2.33. The summed E-state index contributed by atoms with van der Waals surface area (Å²) in [6.07, 6.45) is 5.46. The quantitative estimate of drug-likeness (QED) is 0.532. The first kappa shape index (κ1) is 14.0. The zero-order chi connectivity index (χ0) is 11.1. The summed E-state index contributed by atoms with van der Waals surface area (Å²) in [5, 5.41) is 0. The fourth-order valence-electron chi connectivity index (χ4n) is 2.80. The van der Waals surface area contributed by atoms with E-state index in [2.05, 4.69) is 41.5 Å². The summed E-state index contributed by atoms with van der Waals surface area (Å²) in [4.78, 5) is 0. The molecule has 0 aliphatic carbocycles. The van der Waals surface area contributed by atoms with E-state index in [0.717, 1.165) is 23.7 Å². The van der Waals surface area contributed by atoms with Crippen LogP contribution in [-0.2, 0) is 0 Å². The minimum Gasteiger partial charge on any atom is -0.0654 e. The second kappa shape index (κ2) is 7.31. The van der Waals surface area contributed by atoms with Crippen LogP contribution in [0.3, 0.4) is 0 Å². The van der Waals surface area contributed by atoms with Crippen molar-refractivity contribution in [2.45, 2.75) is 67.2 Å². The molecular formula is C14H30. The molecule has 0 saturated carbocycles. The molecule has 0 aromatic rings. The lowest BCUT2D eigenvalue weighted by atomic mass is 9.72. The van der Waals surface area contributed by atoms with Crippen LogP contribution in [0.2, 0.25) is 0 Å². The summed E-state index contributed by atoms with van der Waals surface area (Å²) >= 11 is 0. The summed E-state index contributed by atoms with van der Waals surface area (Å²) < 4.78 is 0. The van der Waals surface area contributed by atoms with Crippen LogP contribution >= 0.6 is 0 Å². The summed E-state index contributed by atoms with van der Waals surface area (Å²) in [6.45, 7) is 14.2. The standard InChI is InChI=1S/C14H30/c1-7-10-14(11(4)5)13(9-3)12(6)8-2/h11-14H,7-10H2,1-6H3. The van der Waals surface area contributed by atoms with Gasteiger partial charge in [0.05, 0.1) is 0 Å². The summed E-state index contributed by atoms with van der Waals surface area (Å²) in [7, 11) is 0. The van der Waals surface area contributed by atoms with E-state index in [1.165, 1.54) is 25.7 Å². The number of hydrogen-bond acceptors (Lipinski definition) is 0. The van der Waals surface area contributed by atoms with Crippen LogP contribution in [-0.4, -0.2) is 0 Å². The van der Waals surface area contributed by atoms with Crippen LogP contribution in [0.1, 0.15) is 67.2 Å². The van der Waals surface area contributed by atoms with Gasteiger partial charge in [0.2, 0.25) is 0 Å². The van der Waals surface area contributed by atoms with E-state index in [9.17, 15) is 0 Å². The lowest BCUT2D eigenvalue weighted by Crippen LogP contribution is -2.25. The molecule has 14 heavy (non-hydrogen) atoms. The van der Waals surface area contributed by atoms with Gasteiger partial charge in [-0.3, -0.25) is 0 Å². The van der Waals surface area contributed by atoms with Crippen molar-refractivity contribution in [2.75, 3.05) is 0 Å². The Morgan fingerprint density at radius 1 is 0.786 bits per heavy atom. The number of hydrogen-bond donors (Lipinski definition) is 0. The Labute approximate surface area is 91.5 Å². The van der Waals surface area contributed by atoms with E-state index in [1.807, 2.05) is 0 Å². The first-order chi connectivity index (χ1) is 6.58. The molecule has 0 N–H and O–H groups in total. The summed E-state index contributed by atoms with van der Waals surface area (Å²) in [5.41, 5.74) is 0. The van der Waals surface area contributed by atoms with Gasteiger partial charge in [0, 0.05) is 0 Å². The third kappa shape index (κ3) is 4.02. The van der Waals surface area contributed by atoms with Gasteiger partial charge in [-0.15, -0.1) is 0 Å². The van der Waals surface area contributed by atoms with Crippen molar-refractivity contribution in [3.8, 4) is 0 Å². The van der Waals surface area contributed by atoms with E-state index in [0.29, 0.717) is 0 Å². The van der Waals surface area contributed by atoms with Gasteiger partial charge < -0.3 is 0 Å². The highest BCUT2D eigenvalue weighted by Gasteiger charge is 2.25. The van der Waals surface area contributed by atoms with Crippen molar-refractivity contribution in [2.24, 2.45) is 23.7 Å². The first-order valence-electron chi connectivity index (χ1n) is 6.58. The van der Waals surface area contributed by atoms with Crippen LogP contribution in [0.15, 0.2) is 0 Å². The monoisotopic (exact) mass is 198 g/mol. The largest absolute Gasteiger partial charge is 0.0654 e. The molecule has 0 radical (unpaired) electrons. The zero-order valence-corrected chi connectivity index (χ0v) is 11.1. The van der Waals surface area contributed by atoms with Gasteiger partial charge in [0.15, 0.2) is 0 Å². The van der Waals surface area contributed by atoms with Gasteiger partial charge in [0.1, 0.15) is 0 Å². The van der Waals surface area contributed by atoms with Gasteiger partial charge >= 0.3 is 0 Å². The highest BCUT2D eigenvalue weighted by atomic mass is 14.3. The Morgan fingerprint density at radius 3 is 1.64 bits per heavy atom. The average Bonchev–Trinajstić information content (AvgIpc) is 2.16. The van der Waals surface area contributed by atoms with Crippen molar-refractivity contribution >= 4 is 0 Å². The van der Waals surface area contributed by atoms with Gasteiger partial charge in [0.25, 0.3) is 0 Å². The Morgan fingerprint density at radius 2 is 1.36 bits per heavy atom. The van der Waals surface area contributed by atoms with E-state index < -0.39 is 0 Å². The maximum Gasteiger partial charge on any atom is -0.0360 e. The molecule has 0 aliphatic heterocycles. The molecule has 0 heterocycles. The lowest BCUT2D eigenvalue weighted by molar-refractivity contribution is 0.165. The van der Waals surface area contributed by atoms with Gasteiger partial charge in [-0.25, -0.2) is 0 Å². The SMILES string of the molecule is CCCC(C(C)C)C(CC)C(C)CC. The maximum atomic E-state index is 2.43. The van der Waals surface area contributed by atoms with Crippen molar-refractivity contribution in [1.82, 2.24) is 0 Å². The molecule has 86 valence electrons. The molecule has 0 fully saturated rings. The molecule has 0 nitrogen and oxygen atoms in total. The Hall–Kier alpha value is 0. The molecular weight excluding hydrogens is 168 g/mol. The van der Waals surface area contributed by atoms with Crippen LogP contribution in [0, 0.1) is 23.7 Å². The second-order valence-electron chi connectivity index (χ2n) is 5.15. The normalized spacial score (nSPS) is 18.2. The molecule has 0 amide bonds. The molecule has 3 atom stereocenters. The van der Waals surface area contributed by atoms with Crippen LogP contribution in [0.25, 0.3) is 0 Å².